The van der Waals surface area contributed by atoms with E-state index in [-0.39, 0.29) is 0 Å². The molecule has 0 atom stereocenters. The molecule has 2 aliphatic rings. The van der Waals surface area contributed by atoms with Gasteiger partial charge in [-0.05, 0) is 34.4 Å². The van der Waals surface area contributed by atoms with Crippen LogP contribution in [0.5, 0.6) is 5.75 Å². The molecule has 3 nitrogen and oxygen atoms in total. The van der Waals surface area contributed by atoms with Crippen molar-refractivity contribution in [2.75, 3.05) is 31.1 Å². The number of aromatic hydroxyl groups is 1. The van der Waals surface area contributed by atoms with E-state index in [1.54, 1.807) is 6.07 Å². The first-order valence-corrected chi connectivity index (χ1v) is 9.28. The zero-order valence-electron chi connectivity index (χ0n) is 14.7. The minimum Gasteiger partial charge on any atom is -0.506 e. The number of benzene rings is 3. The molecule has 3 heteroatoms. The summed E-state index contributed by atoms with van der Waals surface area (Å²) >= 11 is 0. The number of rotatable bonds is 2. The van der Waals surface area contributed by atoms with Gasteiger partial charge in [-0.2, -0.15) is 0 Å². The van der Waals surface area contributed by atoms with E-state index in [9.17, 15) is 5.11 Å². The van der Waals surface area contributed by atoms with Gasteiger partial charge in [-0.15, -0.1) is 0 Å². The highest BCUT2D eigenvalue weighted by Gasteiger charge is 2.34. The van der Waals surface area contributed by atoms with Gasteiger partial charge in [0.1, 0.15) is 5.75 Å². The maximum atomic E-state index is 10.1. The first kappa shape index (κ1) is 15.5. The summed E-state index contributed by atoms with van der Waals surface area (Å²) in [6.07, 6.45) is 0. The third-order valence-electron chi connectivity index (χ3n) is 5.70. The number of fused-ring (bicyclic) bond motifs is 3. The third kappa shape index (κ3) is 2.39. The number of hydrogen-bond acceptors (Lipinski definition) is 3. The highest BCUT2D eigenvalue weighted by molar-refractivity contribution is 5.78. The summed E-state index contributed by atoms with van der Waals surface area (Å²) < 4.78 is 0. The van der Waals surface area contributed by atoms with Crippen LogP contribution < -0.4 is 4.90 Å². The summed E-state index contributed by atoms with van der Waals surface area (Å²) in [5.41, 5.74) is 6.53. The van der Waals surface area contributed by atoms with Gasteiger partial charge in [0.05, 0.1) is 11.7 Å². The van der Waals surface area contributed by atoms with Crippen molar-refractivity contribution in [1.29, 1.82) is 0 Å². The number of piperazine rings is 1. The Bertz CT molecular complexity index is 899. The summed E-state index contributed by atoms with van der Waals surface area (Å²) in [5.74, 6) is 0.373. The number of phenols is 1. The van der Waals surface area contributed by atoms with Gasteiger partial charge in [0.25, 0.3) is 0 Å². The predicted octanol–water partition coefficient (Wildman–Crippen LogP) is 4.28. The van der Waals surface area contributed by atoms with Gasteiger partial charge in [-0.25, -0.2) is 0 Å². The van der Waals surface area contributed by atoms with Crippen LogP contribution in [0.1, 0.15) is 17.2 Å². The van der Waals surface area contributed by atoms with Crippen LogP contribution in [0, 0.1) is 0 Å². The third-order valence-corrected chi connectivity index (χ3v) is 5.70. The quantitative estimate of drug-likeness (QED) is 0.753. The maximum absolute atomic E-state index is 10.1. The molecule has 0 spiro atoms. The zero-order chi connectivity index (χ0) is 17.5. The van der Waals surface area contributed by atoms with Crippen molar-refractivity contribution < 1.29 is 5.11 Å². The molecule has 0 bridgehead atoms. The molecule has 0 radical (unpaired) electrons. The van der Waals surface area contributed by atoms with Crippen LogP contribution in [-0.2, 0) is 0 Å². The first-order valence-electron chi connectivity index (χ1n) is 9.28. The van der Waals surface area contributed by atoms with Gasteiger partial charge < -0.3 is 10.0 Å². The van der Waals surface area contributed by atoms with E-state index in [1.807, 2.05) is 18.2 Å². The molecule has 1 aliphatic heterocycles. The normalized spacial score (nSPS) is 17.2. The van der Waals surface area contributed by atoms with Crippen LogP contribution in [-0.4, -0.2) is 36.2 Å². The molecule has 1 heterocycles. The fourth-order valence-electron chi connectivity index (χ4n) is 4.47. The van der Waals surface area contributed by atoms with E-state index >= 15 is 0 Å². The largest absolute Gasteiger partial charge is 0.506 e. The summed E-state index contributed by atoms with van der Waals surface area (Å²) in [5, 5.41) is 10.1. The van der Waals surface area contributed by atoms with Crippen molar-refractivity contribution in [2.45, 2.75) is 6.04 Å². The van der Waals surface area contributed by atoms with E-state index < -0.39 is 0 Å². The molecular formula is C23H22N2O. The van der Waals surface area contributed by atoms with E-state index in [0.717, 1.165) is 31.9 Å². The number of para-hydroxylation sites is 2. The van der Waals surface area contributed by atoms with Gasteiger partial charge >= 0.3 is 0 Å². The van der Waals surface area contributed by atoms with Crippen LogP contribution in [0.2, 0.25) is 0 Å². The fraction of sp³-hybridized carbons (Fsp3) is 0.217. The monoisotopic (exact) mass is 342 g/mol. The summed E-state index contributed by atoms with van der Waals surface area (Å²) in [7, 11) is 0. The molecule has 1 N–H and O–H groups in total. The lowest BCUT2D eigenvalue weighted by molar-refractivity contribution is 0.215. The first-order chi connectivity index (χ1) is 12.8. The Balaban J connectivity index is 1.43. The van der Waals surface area contributed by atoms with E-state index in [4.69, 9.17) is 0 Å². The molecule has 1 aliphatic carbocycles. The van der Waals surface area contributed by atoms with Crippen LogP contribution >= 0.6 is 0 Å². The molecular weight excluding hydrogens is 320 g/mol. The van der Waals surface area contributed by atoms with E-state index in [2.05, 4.69) is 58.3 Å². The lowest BCUT2D eigenvalue weighted by Gasteiger charge is -2.39. The molecule has 26 heavy (non-hydrogen) atoms. The highest BCUT2D eigenvalue weighted by Crippen LogP contribution is 2.46. The van der Waals surface area contributed by atoms with Gasteiger partial charge in [0.15, 0.2) is 0 Å². The Hall–Kier alpha value is -2.78. The lowest BCUT2D eigenvalue weighted by atomic mass is 10.0. The number of anilines is 1. The van der Waals surface area contributed by atoms with Crippen molar-refractivity contribution in [1.82, 2.24) is 4.90 Å². The summed E-state index contributed by atoms with van der Waals surface area (Å²) in [6.45, 7) is 3.83. The van der Waals surface area contributed by atoms with Crippen molar-refractivity contribution in [2.24, 2.45) is 0 Å². The average Bonchev–Trinajstić information content (AvgIpc) is 3.03. The molecule has 130 valence electrons. The predicted molar refractivity (Wildman–Crippen MR) is 106 cm³/mol. The Labute approximate surface area is 154 Å². The van der Waals surface area contributed by atoms with Crippen molar-refractivity contribution in [3.8, 4) is 16.9 Å². The molecule has 3 aromatic rings. The molecule has 5 rings (SSSR count). The van der Waals surface area contributed by atoms with Gasteiger partial charge in [0, 0.05) is 26.2 Å². The van der Waals surface area contributed by atoms with Gasteiger partial charge in [-0.1, -0.05) is 60.7 Å². The SMILES string of the molecule is Oc1ccccc1N1CCN(C2c3ccccc3-c3ccccc32)CC1. The van der Waals surface area contributed by atoms with Crippen molar-refractivity contribution >= 4 is 5.69 Å². The van der Waals surface area contributed by atoms with Gasteiger partial charge in [-0.3, -0.25) is 4.90 Å². The fourth-order valence-corrected chi connectivity index (χ4v) is 4.47. The average molecular weight is 342 g/mol. The minimum absolute atomic E-state index is 0.342. The molecule has 1 fully saturated rings. The second kappa shape index (κ2) is 6.19. The van der Waals surface area contributed by atoms with Gasteiger partial charge in [0.2, 0.25) is 0 Å². The van der Waals surface area contributed by atoms with Crippen molar-refractivity contribution in [3.63, 3.8) is 0 Å². The Kier molecular flexibility index (Phi) is 3.68. The van der Waals surface area contributed by atoms with E-state index in [1.165, 1.54) is 22.3 Å². The zero-order valence-corrected chi connectivity index (χ0v) is 14.7. The van der Waals surface area contributed by atoms with Crippen LogP contribution in [0.3, 0.4) is 0 Å². The van der Waals surface area contributed by atoms with E-state index in [0.29, 0.717) is 11.8 Å². The molecule has 0 saturated carbocycles. The van der Waals surface area contributed by atoms with Crippen LogP contribution in [0.4, 0.5) is 5.69 Å². The molecule has 0 amide bonds. The number of nitrogens with zero attached hydrogens (tertiary/aromatic N) is 2. The lowest BCUT2D eigenvalue weighted by Crippen LogP contribution is -2.47. The minimum atomic E-state index is 0.342. The number of hydrogen-bond donors (Lipinski definition) is 1. The van der Waals surface area contributed by atoms with Crippen molar-refractivity contribution in [3.05, 3.63) is 83.9 Å². The second-order valence-electron chi connectivity index (χ2n) is 7.09. The topological polar surface area (TPSA) is 26.7 Å². The maximum Gasteiger partial charge on any atom is 0.138 e. The molecule has 3 aromatic carbocycles. The Morgan fingerprint density at radius 2 is 1.19 bits per heavy atom. The molecule has 0 unspecified atom stereocenters. The van der Waals surface area contributed by atoms with Crippen LogP contribution in [0.15, 0.2) is 72.8 Å². The second-order valence-corrected chi connectivity index (χ2v) is 7.09. The summed E-state index contributed by atoms with van der Waals surface area (Å²) in [6, 6.07) is 25.6. The highest BCUT2D eigenvalue weighted by atomic mass is 16.3. The summed E-state index contributed by atoms with van der Waals surface area (Å²) in [4.78, 5) is 4.87. The number of phenolic OH excluding ortho intramolecular Hbond substituents is 1. The standard InChI is InChI=1S/C23H22N2O/c26-22-12-6-5-11-21(22)24-13-15-25(16-14-24)23-19-9-3-1-7-17(19)18-8-2-4-10-20(18)23/h1-12,23,26H,13-16H2. The smallest absolute Gasteiger partial charge is 0.138 e. The Morgan fingerprint density at radius 1 is 0.654 bits per heavy atom. The van der Waals surface area contributed by atoms with Crippen LogP contribution in [0.25, 0.3) is 11.1 Å². The molecule has 1 saturated heterocycles. The Morgan fingerprint density at radius 3 is 1.81 bits per heavy atom. The molecule has 0 aromatic heterocycles.